The summed E-state index contributed by atoms with van der Waals surface area (Å²) in [6.07, 6.45) is 0. The summed E-state index contributed by atoms with van der Waals surface area (Å²) in [7, 11) is 0. The highest BCUT2D eigenvalue weighted by Crippen LogP contribution is 2.25. The number of rotatable bonds is 4. The highest BCUT2D eigenvalue weighted by Gasteiger charge is 2.15. The molecule has 0 saturated carbocycles. The third kappa shape index (κ3) is 3.61. The van der Waals surface area contributed by atoms with Gasteiger partial charge < -0.3 is 16.8 Å². The Morgan fingerprint density at radius 3 is 2.40 bits per heavy atom. The van der Waals surface area contributed by atoms with E-state index in [4.69, 9.17) is 11.5 Å². The van der Waals surface area contributed by atoms with Gasteiger partial charge in [0, 0.05) is 33.9 Å². The maximum absolute atomic E-state index is 13.3. The summed E-state index contributed by atoms with van der Waals surface area (Å²) in [4.78, 5) is 12.7. The van der Waals surface area contributed by atoms with Crippen molar-refractivity contribution in [2.45, 2.75) is 6.92 Å². The van der Waals surface area contributed by atoms with Crippen LogP contribution < -0.4 is 16.8 Å². The van der Waals surface area contributed by atoms with Gasteiger partial charge in [0.05, 0.1) is 0 Å². The largest absolute Gasteiger partial charge is 0.399 e. The minimum absolute atomic E-state index is 0.181. The molecule has 0 aromatic heterocycles. The van der Waals surface area contributed by atoms with Crippen molar-refractivity contribution in [1.29, 1.82) is 0 Å². The molecule has 0 atom stereocenters. The third-order valence-electron chi connectivity index (χ3n) is 3.92. The molecule has 5 heteroatoms. The average molecular weight is 335 g/mol. The van der Waals surface area contributed by atoms with E-state index in [9.17, 15) is 9.18 Å². The highest BCUT2D eigenvalue weighted by atomic mass is 19.1. The quantitative estimate of drug-likeness (QED) is 0.491. The number of halogens is 1. The van der Waals surface area contributed by atoms with Crippen LogP contribution in [0.3, 0.4) is 0 Å². The van der Waals surface area contributed by atoms with Crippen molar-refractivity contribution >= 4 is 28.5 Å². The van der Waals surface area contributed by atoms with Crippen molar-refractivity contribution in [1.82, 2.24) is 0 Å². The van der Waals surface area contributed by atoms with Crippen LogP contribution in [-0.4, -0.2) is 5.78 Å². The summed E-state index contributed by atoms with van der Waals surface area (Å²) in [6, 6.07) is 16.4. The van der Waals surface area contributed by atoms with Crippen molar-refractivity contribution in [2.75, 3.05) is 16.8 Å². The molecule has 3 aromatic rings. The molecule has 0 aliphatic rings. The minimum atomic E-state index is -0.332. The van der Waals surface area contributed by atoms with Gasteiger partial charge >= 0.3 is 0 Å². The Labute approximate surface area is 145 Å². The number of carbonyl (C=O) groups is 1. The molecule has 126 valence electrons. The maximum Gasteiger partial charge on any atom is 0.195 e. The molecule has 0 saturated heterocycles. The van der Waals surface area contributed by atoms with Crippen LogP contribution in [0.4, 0.5) is 27.1 Å². The van der Waals surface area contributed by atoms with Crippen molar-refractivity contribution in [2.24, 2.45) is 0 Å². The molecule has 3 rings (SSSR count). The molecule has 3 aromatic carbocycles. The van der Waals surface area contributed by atoms with Gasteiger partial charge in [-0.2, -0.15) is 0 Å². The Morgan fingerprint density at radius 1 is 0.920 bits per heavy atom. The van der Waals surface area contributed by atoms with Crippen molar-refractivity contribution < 1.29 is 9.18 Å². The fourth-order valence-electron chi connectivity index (χ4n) is 2.61. The van der Waals surface area contributed by atoms with Gasteiger partial charge in [-0.3, -0.25) is 4.79 Å². The van der Waals surface area contributed by atoms with Gasteiger partial charge in [0.2, 0.25) is 0 Å². The van der Waals surface area contributed by atoms with Gasteiger partial charge in [0.25, 0.3) is 0 Å². The molecule has 0 aliphatic carbocycles. The minimum Gasteiger partial charge on any atom is -0.399 e. The van der Waals surface area contributed by atoms with Crippen molar-refractivity contribution in [3.05, 3.63) is 83.2 Å². The lowest BCUT2D eigenvalue weighted by Gasteiger charge is -2.11. The number of aryl methyl sites for hydroxylation is 1. The number of ketones is 1. The molecule has 0 fully saturated rings. The van der Waals surface area contributed by atoms with Gasteiger partial charge in [-0.25, -0.2) is 4.39 Å². The van der Waals surface area contributed by atoms with E-state index < -0.39 is 0 Å². The van der Waals surface area contributed by atoms with E-state index in [-0.39, 0.29) is 11.6 Å². The number of nitrogen functional groups attached to an aromatic ring is 2. The molecular weight excluding hydrogens is 317 g/mol. The standard InChI is InChI=1S/C20H18FN3O/c1-12-5-6-14(22)10-18(12)20(25)17-8-7-16(11-19(17)23)24-15-4-2-3-13(21)9-15/h2-11,24H,22-23H2,1H3. The summed E-state index contributed by atoms with van der Waals surface area (Å²) in [5.41, 5.74) is 15.7. The lowest BCUT2D eigenvalue weighted by atomic mass is 9.97. The highest BCUT2D eigenvalue weighted by molar-refractivity contribution is 6.13. The van der Waals surface area contributed by atoms with E-state index in [0.717, 1.165) is 5.56 Å². The predicted octanol–water partition coefficient (Wildman–Crippen LogP) is 4.27. The van der Waals surface area contributed by atoms with Crippen LogP contribution in [0.2, 0.25) is 0 Å². The van der Waals surface area contributed by atoms with E-state index in [1.54, 1.807) is 48.5 Å². The van der Waals surface area contributed by atoms with Crippen LogP contribution in [0.5, 0.6) is 0 Å². The van der Waals surface area contributed by atoms with E-state index in [0.29, 0.717) is 33.9 Å². The number of anilines is 4. The molecule has 0 bridgehead atoms. The first kappa shape index (κ1) is 16.5. The number of carbonyl (C=O) groups excluding carboxylic acids is 1. The molecule has 0 heterocycles. The molecule has 25 heavy (non-hydrogen) atoms. The number of benzene rings is 3. The van der Waals surface area contributed by atoms with Crippen LogP contribution in [-0.2, 0) is 0 Å². The fraction of sp³-hybridized carbons (Fsp3) is 0.0500. The normalized spacial score (nSPS) is 10.5. The molecular formula is C20H18FN3O. The Bertz CT molecular complexity index is 953. The third-order valence-corrected chi connectivity index (χ3v) is 3.92. The zero-order valence-electron chi connectivity index (χ0n) is 13.7. The second-order valence-corrected chi connectivity index (χ2v) is 5.84. The number of hydrogen-bond acceptors (Lipinski definition) is 4. The maximum atomic E-state index is 13.3. The van der Waals surface area contributed by atoms with Gasteiger partial charge in [0.1, 0.15) is 5.82 Å². The monoisotopic (exact) mass is 335 g/mol. The summed E-state index contributed by atoms with van der Waals surface area (Å²) < 4.78 is 13.3. The first-order valence-corrected chi connectivity index (χ1v) is 7.77. The smallest absolute Gasteiger partial charge is 0.195 e. The van der Waals surface area contributed by atoms with Crippen LogP contribution in [0.1, 0.15) is 21.5 Å². The Kier molecular flexibility index (Phi) is 4.39. The first-order chi connectivity index (χ1) is 11.9. The number of hydrogen-bond donors (Lipinski definition) is 3. The number of nitrogens with two attached hydrogens (primary N) is 2. The predicted molar refractivity (Wildman–Crippen MR) is 99.6 cm³/mol. The van der Waals surface area contributed by atoms with Crippen molar-refractivity contribution in [3.8, 4) is 0 Å². The fourth-order valence-corrected chi connectivity index (χ4v) is 2.61. The van der Waals surface area contributed by atoms with Gasteiger partial charge in [-0.05, 0) is 61.0 Å². The average Bonchev–Trinajstić information content (AvgIpc) is 2.57. The molecule has 4 nitrogen and oxygen atoms in total. The molecule has 0 unspecified atom stereocenters. The molecule has 5 N–H and O–H groups in total. The Hall–Kier alpha value is -3.34. The van der Waals surface area contributed by atoms with Crippen LogP contribution in [0.25, 0.3) is 0 Å². The lowest BCUT2D eigenvalue weighted by Crippen LogP contribution is -2.08. The van der Waals surface area contributed by atoms with Crippen LogP contribution in [0, 0.1) is 12.7 Å². The number of nitrogens with one attached hydrogen (secondary N) is 1. The molecule has 0 aliphatic heterocycles. The van der Waals surface area contributed by atoms with E-state index in [1.165, 1.54) is 12.1 Å². The van der Waals surface area contributed by atoms with Gasteiger partial charge in [-0.1, -0.05) is 12.1 Å². The topological polar surface area (TPSA) is 81.1 Å². The summed E-state index contributed by atoms with van der Waals surface area (Å²) in [5, 5.41) is 3.06. The van der Waals surface area contributed by atoms with Crippen LogP contribution in [0.15, 0.2) is 60.7 Å². The van der Waals surface area contributed by atoms with Gasteiger partial charge in [0.15, 0.2) is 5.78 Å². The molecule has 0 spiro atoms. The lowest BCUT2D eigenvalue weighted by molar-refractivity contribution is 0.103. The van der Waals surface area contributed by atoms with Crippen molar-refractivity contribution in [3.63, 3.8) is 0 Å². The Morgan fingerprint density at radius 2 is 1.68 bits per heavy atom. The van der Waals surface area contributed by atoms with E-state index in [2.05, 4.69) is 5.32 Å². The first-order valence-electron chi connectivity index (χ1n) is 7.77. The SMILES string of the molecule is Cc1ccc(N)cc1C(=O)c1ccc(Nc2cccc(F)c2)cc1N. The Balaban J connectivity index is 1.89. The summed E-state index contributed by atoms with van der Waals surface area (Å²) >= 11 is 0. The van der Waals surface area contributed by atoms with E-state index >= 15 is 0 Å². The second kappa shape index (κ2) is 6.65. The molecule has 0 amide bonds. The zero-order valence-corrected chi connectivity index (χ0v) is 13.7. The molecule has 0 radical (unpaired) electrons. The van der Waals surface area contributed by atoms with Gasteiger partial charge in [-0.15, -0.1) is 0 Å². The second-order valence-electron chi connectivity index (χ2n) is 5.84. The zero-order chi connectivity index (χ0) is 18.0. The van der Waals surface area contributed by atoms with E-state index in [1.807, 2.05) is 6.92 Å². The summed E-state index contributed by atoms with van der Waals surface area (Å²) in [5.74, 6) is -0.512. The summed E-state index contributed by atoms with van der Waals surface area (Å²) in [6.45, 7) is 1.85. The van der Waals surface area contributed by atoms with Crippen LogP contribution >= 0.6 is 0 Å².